The molecule has 1 aliphatic heterocycles. The van der Waals surface area contributed by atoms with E-state index in [1.807, 2.05) is 0 Å². The Morgan fingerprint density at radius 2 is 1.16 bits per heavy atom. The Hall–Kier alpha value is -4.88. The highest BCUT2D eigenvalue weighted by Crippen LogP contribution is 2.70. The molecule has 0 amide bonds. The molecule has 1 saturated heterocycles. The maximum Gasteiger partial charge on any atom is 0.338 e. The summed E-state index contributed by atoms with van der Waals surface area (Å²) < 4.78 is 31.7. The van der Waals surface area contributed by atoms with Gasteiger partial charge in [0.2, 0.25) is 0 Å². The van der Waals surface area contributed by atoms with E-state index in [-0.39, 0.29) is 28.7 Å². The average Bonchev–Trinajstić information content (AvgIpc) is 3.40. The molecule has 0 radical (unpaired) electrons. The molecule has 55 heavy (non-hydrogen) atoms. The minimum atomic E-state index is -2.41. The second-order valence-electron chi connectivity index (χ2n) is 15.7. The molecule has 7 rings (SSSR count). The van der Waals surface area contributed by atoms with E-state index in [0.29, 0.717) is 0 Å². The molecule has 1 heterocycles. The monoisotopic (exact) mass is 754 g/mol. The molecule has 3 aromatic rings. The number of fused-ring (bicyclic) bond motifs is 3. The largest absolute Gasteiger partial charge is 0.459 e. The van der Waals surface area contributed by atoms with Crippen LogP contribution in [0.3, 0.4) is 0 Å². The normalized spacial score (nSPS) is 38.5. The molecule has 0 aromatic heterocycles. The summed E-state index contributed by atoms with van der Waals surface area (Å²) in [5, 5.41) is 39.1. The van der Waals surface area contributed by atoms with Crippen molar-refractivity contribution in [3.05, 3.63) is 120 Å². The summed E-state index contributed by atoms with van der Waals surface area (Å²) in [6, 6.07) is 24.3. The Labute approximate surface area is 319 Å². The highest BCUT2D eigenvalue weighted by molar-refractivity contribution is 5.91. The van der Waals surface area contributed by atoms with Gasteiger partial charge in [-0.15, -0.1) is 0 Å². The number of carbonyl (C=O) groups excluding carboxylic acids is 4. The number of aliphatic hydroxyl groups excluding tert-OH is 1. The molecule has 13 atom stereocenters. The van der Waals surface area contributed by atoms with Crippen LogP contribution in [-0.4, -0.2) is 92.1 Å². The molecule has 2 bridgehead atoms. The summed E-state index contributed by atoms with van der Waals surface area (Å²) in [6.45, 7) is 11.6. The van der Waals surface area contributed by atoms with Crippen molar-refractivity contribution in [3.63, 3.8) is 0 Å². The van der Waals surface area contributed by atoms with Gasteiger partial charge in [0, 0.05) is 18.8 Å². The van der Waals surface area contributed by atoms with Gasteiger partial charge in [-0.25, -0.2) is 14.4 Å². The highest BCUT2D eigenvalue weighted by atomic mass is 16.7. The standard InChI is InChI=1S/C43H46O12/c1-23(2)41(49)32(45)31-35(53-37(47)28-18-12-8-13-19-28)40(6)39(54-38(48)29-20-14-9-15-21-29)43(55-40)30(22-24(3)33(43)51-26(5)44)42(31,50)25(4)34(41)52-36(46)27-16-10-7-11-17-27/h7-21,24-25,30-35,39,45,49-50H,1,22H2,2-6H3/t24-,25+,30-,31+,32+,33-,34-,35-,39+,40+,41+,42-,43+/m0/s1. The van der Waals surface area contributed by atoms with E-state index in [1.165, 1.54) is 38.1 Å². The number of esters is 4. The summed E-state index contributed by atoms with van der Waals surface area (Å²) >= 11 is 0. The van der Waals surface area contributed by atoms with Crippen LogP contribution in [0.2, 0.25) is 0 Å². The van der Waals surface area contributed by atoms with Crippen molar-refractivity contribution in [1.82, 2.24) is 0 Å². The first-order valence-electron chi connectivity index (χ1n) is 18.5. The van der Waals surface area contributed by atoms with Crippen LogP contribution < -0.4 is 0 Å². The Morgan fingerprint density at radius 1 is 0.709 bits per heavy atom. The summed E-state index contributed by atoms with van der Waals surface area (Å²) in [4.78, 5) is 54.5. The minimum Gasteiger partial charge on any atom is -0.459 e. The SMILES string of the molecule is C=C(C)[C@@]1(O)[C@H](O)[C@@H]2[C@H](OC(=O)c3ccccc3)[C@@]3(C)O[C@@]4([C@@H]3OC(=O)c3ccccc3)[C@@H](OC(C)=O)[C@@H](C)C[C@H]4[C@@]2(O)[C@H](C)[C@@H]1OC(=O)c1ccccc1. The van der Waals surface area contributed by atoms with Crippen molar-refractivity contribution in [1.29, 1.82) is 0 Å². The van der Waals surface area contributed by atoms with E-state index in [1.54, 1.807) is 87.5 Å². The minimum absolute atomic E-state index is 0.00918. The van der Waals surface area contributed by atoms with E-state index in [9.17, 15) is 34.5 Å². The molecule has 12 heteroatoms. The molecule has 1 spiro atoms. The van der Waals surface area contributed by atoms with Crippen LogP contribution in [0, 0.1) is 23.7 Å². The van der Waals surface area contributed by atoms with Crippen LogP contribution in [0.25, 0.3) is 0 Å². The third-order valence-corrected chi connectivity index (χ3v) is 12.5. The number of carbonyl (C=O) groups is 4. The van der Waals surface area contributed by atoms with Crippen LogP contribution in [-0.2, 0) is 28.5 Å². The Bertz CT molecular complexity index is 1990. The molecular formula is C43H46O12. The van der Waals surface area contributed by atoms with Crippen molar-refractivity contribution >= 4 is 23.9 Å². The molecule has 3 N–H and O–H groups in total. The van der Waals surface area contributed by atoms with Crippen molar-refractivity contribution in [2.24, 2.45) is 23.7 Å². The molecule has 3 aliphatic carbocycles. The van der Waals surface area contributed by atoms with Gasteiger partial charge in [0.25, 0.3) is 0 Å². The van der Waals surface area contributed by atoms with Crippen molar-refractivity contribution < 1.29 is 58.2 Å². The lowest BCUT2D eigenvalue weighted by Crippen LogP contribution is -2.80. The third kappa shape index (κ3) is 5.63. The second kappa shape index (κ2) is 13.7. The van der Waals surface area contributed by atoms with Crippen LogP contribution in [0.5, 0.6) is 0 Å². The Kier molecular flexibility index (Phi) is 9.56. The number of ether oxygens (including phenoxy) is 5. The van der Waals surface area contributed by atoms with E-state index in [4.69, 9.17) is 23.7 Å². The fraction of sp³-hybridized carbons (Fsp3) is 0.442. The van der Waals surface area contributed by atoms with Gasteiger partial charge in [-0.3, -0.25) is 4.79 Å². The molecule has 12 nitrogen and oxygen atoms in total. The summed E-state index contributed by atoms with van der Waals surface area (Å²) in [5.74, 6) is -7.53. The van der Waals surface area contributed by atoms with Crippen molar-refractivity contribution in [2.75, 3.05) is 0 Å². The lowest BCUT2D eigenvalue weighted by atomic mass is 9.53. The zero-order valence-corrected chi connectivity index (χ0v) is 31.3. The quantitative estimate of drug-likeness (QED) is 0.168. The van der Waals surface area contributed by atoms with Gasteiger partial charge in [-0.05, 0) is 68.2 Å². The number of hydrogen-bond acceptors (Lipinski definition) is 12. The van der Waals surface area contributed by atoms with Gasteiger partial charge in [-0.1, -0.05) is 75.0 Å². The van der Waals surface area contributed by atoms with Crippen LogP contribution in [0.1, 0.15) is 72.1 Å². The van der Waals surface area contributed by atoms with Gasteiger partial charge < -0.3 is 39.0 Å². The smallest absolute Gasteiger partial charge is 0.338 e. The molecule has 3 saturated carbocycles. The van der Waals surface area contributed by atoms with Gasteiger partial charge in [0.15, 0.2) is 11.7 Å². The van der Waals surface area contributed by atoms with E-state index >= 15 is 0 Å². The predicted molar refractivity (Wildman–Crippen MR) is 195 cm³/mol. The molecule has 4 aliphatic rings. The zero-order chi connectivity index (χ0) is 39.7. The number of rotatable bonds is 8. The molecule has 3 aromatic carbocycles. The zero-order valence-electron chi connectivity index (χ0n) is 31.3. The third-order valence-electron chi connectivity index (χ3n) is 12.5. The van der Waals surface area contributed by atoms with Crippen LogP contribution in [0.4, 0.5) is 0 Å². The molecular weight excluding hydrogens is 708 g/mol. The Morgan fingerprint density at radius 3 is 1.62 bits per heavy atom. The van der Waals surface area contributed by atoms with E-state index < -0.39 is 100 Å². The summed E-state index contributed by atoms with van der Waals surface area (Å²) in [5.41, 5.74) is -7.70. The lowest BCUT2D eigenvalue weighted by molar-refractivity contribution is -0.388. The maximum absolute atomic E-state index is 14.0. The van der Waals surface area contributed by atoms with Gasteiger partial charge >= 0.3 is 23.9 Å². The van der Waals surface area contributed by atoms with Crippen LogP contribution in [0.15, 0.2) is 103 Å². The van der Waals surface area contributed by atoms with E-state index in [0.717, 1.165) is 0 Å². The maximum atomic E-state index is 14.0. The molecule has 290 valence electrons. The summed E-state index contributed by atoms with van der Waals surface area (Å²) in [6.07, 6.45) is -7.61. The fourth-order valence-corrected chi connectivity index (χ4v) is 10.1. The number of hydrogen-bond donors (Lipinski definition) is 3. The fourth-order valence-electron chi connectivity index (χ4n) is 10.1. The van der Waals surface area contributed by atoms with Gasteiger partial charge in [-0.2, -0.15) is 0 Å². The molecule has 4 fully saturated rings. The first-order valence-corrected chi connectivity index (χ1v) is 18.5. The second-order valence-corrected chi connectivity index (χ2v) is 15.7. The average molecular weight is 755 g/mol. The van der Waals surface area contributed by atoms with E-state index in [2.05, 4.69) is 6.58 Å². The van der Waals surface area contributed by atoms with Crippen LogP contribution >= 0.6 is 0 Å². The van der Waals surface area contributed by atoms with Crippen molar-refractivity contribution in [3.8, 4) is 0 Å². The lowest BCUT2D eigenvalue weighted by Gasteiger charge is -2.62. The summed E-state index contributed by atoms with van der Waals surface area (Å²) in [7, 11) is 0. The molecule has 0 unspecified atom stereocenters. The van der Waals surface area contributed by atoms with Crippen molar-refractivity contribution in [2.45, 2.75) is 94.0 Å². The Balaban J connectivity index is 1.45. The number of aliphatic hydroxyl groups is 3. The predicted octanol–water partition coefficient (Wildman–Crippen LogP) is 4.46. The first-order chi connectivity index (χ1) is 26.0. The topological polar surface area (TPSA) is 175 Å². The van der Waals surface area contributed by atoms with Gasteiger partial charge in [0.05, 0.1) is 34.3 Å². The number of benzene rings is 3. The highest BCUT2D eigenvalue weighted by Gasteiger charge is 2.88. The van der Waals surface area contributed by atoms with Gasteiger partial charge in [0.1, 0.15) is 29.5 Å². The first kappa shape index (κ1) is 38.4.